The van der Waals surface area contributed by atoms with E-state index in [2.05, 4.69) is 69.8 Å². The van der Waals surface area contributed by atoms with Crippen LogP contribution in [-0.2, 0) is 23.0 Å². The van der Waals surface area contributed by atoms with E-state index < -0.39 is 10.1 Å². The molecule has 1 heterocycles. The van der Waals surface area contributed by atoms with E-state index in [0.29, 0.717) is 18.2 Å². The molecule has 0 radical (unpaired) electrons. The summed E-state index contributed by atoms with van der Waals surface area (Å²) in [6.45, 7) is 1.14. The molecule has 0 amide bonds. The SMILES string of the molecule is Brc1ccc2c(c1)CCC1[C@@H]2CN[C@@H]1Cc1ccccc1.CS(=O)(=O)O. The number of hydrogen-bond acceptors (Lipinski definition) is 3. The normalized spacial score (nSPS) is 24.2. The van der Waals surface area contributed by atoms with Crippen LogP contribution in [0.4, 0.5) is 0 Å². The first kappa shape index (κ1) is 19.5. The van der Waals surface area contributed by atoms with Crippen LogP contribution in [0.2, 0.25) is 0 Å². The summed E-state index contributed by atoms with van der Waals surface area (Å²) in [7, 11) is -3.67. The molecule has 1 saturated heterocycles. The maximum absolute atomic E-state index is 9.19. The van der Waals surface area contributed by atoms with Crippen molar-refractivity contribution in [3.05, 3.63) is 69.7 Å². The highest BCUT2D eigenvalue weighted by Gasteiger charge is 2.39. The third-order valence-corrected chi connectivity index (χ3v) is 5.68. The highest BCUT2D eigenvalue weighted by atomic mass is 79.9. The molecule has 4 nitrogen and oxygen atoms in total. The zero-order valence-electron chi connectivity index (χ0n) is 14.7. The predicted molar refractivity (Wildman–Crippen MR) is 108 cm³/mol. The second kappa shape index (κ2) is 8.21. The first-order valence-corrected chi connectivity index (χ1v) is 11.4. The van der Waals surface area contributed by atoms with Gasteiger partial charge in [0.15, 0.2) is 0 Å². The minimum atomic E-state index is -3.67. The molecule has 4 rings (SSSR count). The molecule has 26 heavy (non-hydrogen) atoms. The smallest absolute Gasteiger partial charge is 0.261 e. The Balaban J connectivity index is 0.000000349. The Morgan fingerprint density at radius 1 is 1.19 bits per heavy atom. The molecule has 2 N–H and O–H groups in total. The van der Waals surface area contributed by atoms with Gasteiger partial charge in [-0.1, -0.05) is 52.3 Å². The number of nitrogens with one attached hydrogen (secondary N) is 1. The maximum Gasteiger partial charge on any atom is 0.261 e. The molecule has 0 aromatic heterocycles. The Morgan fingerprint density at radius 2 is 1.88 bits per heavy atom. The van der Waals surface area contributed by atoms with E-state index >= 15 is 0 Å². The average molecular weight is 438 g/mol. The molecule has 2 aromatic carbocycles. The van der Waals surface area contributed by atoms with E-state index in [9.17, 15) is 8.42 Å². The fourth-order valence-electron chi connectivity index (χ4n) is 4.17. The molecular formula is C20H24BrNO3S. The molecule has 0 spiro atoms. The van der Waals surface area contributed by atoms with E-state index in [1.54, 1.807) is 11.1 Å². The quantitative estimate of drug-likeness (QED) is 0.700. The van der Waals surface area contributed by atoms with Gasteiger partial charge in [-0.3, -0.25) is 4.55 Å². The fourth-order valence-corrected chi connectivity index (χ4v) is 4.58. The lowest BCUT2D eigenvalue weighted by Crippen LogP contribution is -2.31. The van der Waals surface area contributed by atoms with Gasteiger partial charge in [0.25, 0.3) is 10.1 Å². The van der Waals surface area contributed by atoms with Crippen molar-refractivity contribution in [2.24, 2.45) is 5.92 Å². The zero-order chi connectivity index (χ0) is 18.7. The molecule has 3 atom stereocenters. The topological polar surface area (TPSA) is 66.4 Å². The van der Waals surface area contributed by atoms with Crippen molar-refractivity contribution in [3.8, 4) is 0 Å². The zero-order valence-corrected chi connectivity index (χ0v) is 17.1. The van der Waals surface area contributed by atoms with Crippen molar-refractivity contribution >= 4 is 26.0 Å². The largest absolute Gasteiger partial charge is 0.313 e. The molecule has 1 fully saturated rings. The number of aryl methyl sites for hydroxylation is 1. The summed E-state index contributed by atoms with van der Waals surface area (Å²) in [6, 6.07) is 18.4. The molecule has 1 aliphatic heterocycles. The number of benzene rings is 2. The van der Waals surface area contributed by atoms with E-state index in [-0.39, 0.29) is 0 Å². The molecule has 6 heteroatoms. The minimum Gasteiger partial charge on any atom is -0.313 e. The monoisotopic (exact) mass is 437 g/mol. The van der Waals surface area contributed by atoms with Gasteiger partial charge in [-0.2, -0.15) is 8.42 Å². The number of fused-ring (bicyclic) bond motifs is 3. The van der Waals surface area contributed by atoms with Crippen molar-refractivity contribution in [2.75, 3.05) is 12.8 Å². The van der Waals surface area contributed by atoms with Gasteiger partial charge in [0, 0.05) is 23.0 Å². The fraction of sp³-hybridized carbons (Fsp3) is 0.400. The number of halogens is 1. The Morgan fingerprint density at radius 3 is 2.58 bits per heavy atom. The van der Waals surface area contributed by atoms with Crippen molar-refractivity contribution in [2.45, 2.75) is 31.2 Å². The van der Waals surface area contributed by atoms with Crippen molar-refractivity contribution < 1.29 is 13.0 Å². The second-order valence-corrected chi connectivity index (χ2v) is 9.47. The Hall–Kier alpha value is -1.21. The summed E-state index contributed by atoms with van der Waals surface area (Å²) in [5.41, 5.74) is 4.59. The minimum absolute atomic E-state index is 0.634. The molecular weight excluding hydrogens is 414 g/mol. The molecule has 1 unspecified atom stereocenters. The summed E-state index contributed by atoms with van der Waals surface area (Å²) >= 11 is 3.60. The van der Waals surface area contributed by atoms with Crippen molar-refractivity contribution in [3.63, 3.8) is 0 Å². The summed E-state index contributed by atoms with van der Waals surface area (Å²) in [5.74, 6) is 1.49. The highest BCUT2D eigenvalue weighted by Crippen LogP contribution is 2.42. The van der Waals surface area contributed by atoms with Crippen LogP contribution in [0.3, 0.4) is 0 Å². The molecule has 0 saturated carbocycles. The van der Waals surface area contributed by atoms with E-state index in [4.69, 9.17) is 4.55 Å². The van der Waals surface area contributed by atoms with Crippen LogP contribution in [0, 0.1) is 5.92 Å². The Labute approximate surface area is 163 Å². The van der Waals surface area contributed by atoms with Gasteiger partial charge in [0.1, 0.15) is 0 Å². The molecule has 140 valence electrons. The lowest BCUT2D eigenvalue weighted by molar-refractivity contribution is 0.373. The van der Waals surface area contributed by atoms with Crippen LogP contribution in [-0.4, -0.2) is 31.8 Å². The number of rotatable bonds is 2. The summed E-state index contributed by atoms with van der Waals surface area (Å²) < 4.78 is 27.1. The van der Waals surface area contributed by atoms with Gasteiger partial charge in [-0.25, -0.2) is 0 Å². The lowest BCUT2D eigenvalue weighted by atomic mass is 9.74. The molecule has 0 bridgehead atoms. The Kier molecular flexibility index (Phi) is 6.17. The number of hydrogen-bond donors (Lipinski definition) is 2. The van der Waals surface area contributed by atoms with Gasteiger partial charge < -0.3 is 5.32 Å². The first-order valence-electron chi connectivity index (χ1n) is 8.79. The van der Waals surface area contributed by atoms with Crippen LogP contribution in [0.25, 0.3) is 0 Å². The van der Waals surface area contributed by atoms with Crippen molar-refractivity contribution in [1.82, 2.24) is 5.32 Å². The van der Waals surface area contributed by atoms with E-state index in [0.717, 1.165) is 18.9 Å². The predicted octanol–water partition coefficient (Wildman–Crippen LogP) is 3.81. The van der Waals surface area contributed by atoms with Gasteiger partial charge >= 0.3 is 0 Å². The molecule has 2 aromatic rings. The van der Waals surface area contributed by atoms with Gasteiger partial charge in [-0.15, -0.1) is 0 Å². The van der Waals surface area contributed by atoms with Crippen LogP contribution in [0.1, 0.15) is 29.0 Å². The van der Waals surface area contributed by atoms with E-state index in [1.807, 2.05) is 0 Å². The van der Waals surface area contributed by atoms with Gasteiger partial charge in [-0.05, 0) is 54.0 Å². The second-order valence-electron chi connectivity index (χ2n) is 7.09. The van der Waals surface area contributed by atoms with E-state index in [1.165, 1.54) is 22.9 Å². The van der Waals surface area contributed by atoms with Gasteiger partial charge in [0.2, 0.25) is 0 Å². The third-order valence-electron chi connectivity index (χ3n) is 5.18. The maximum atomic E-state index is 9.19. The Bertz CT molecular complexity index is 847. The summed E-state index contributed by atoms with van der Waals surface area (Å²) in [5, 5.41) is 3.79. The van der Waals surface area contributed by atoms with Crippen molar-refractivity contribution in [1.29, 1.82) is 0 Å². The molecule has 2 aliphatic rings. The molecule has 1 aliphatic carbocycles. The highest BCUT2D eigenvalue weighted by molar-refractivity contribution is 9.10. The average Bonchev–Trinajstić information content (AvgIpc) is 2.97. The van der Waals surface area contributed by atoms with Gasteiger partial charge in [0.05, 0.1) is 6.26 Å². The standard InChI is InChI=1S/C19H20BrN.CH4O3S/c20-15-7-9-16-14(11-15)6-8-17-18(16)12-21-19(17)10-13-4-2-1-3-5-13;1-5(2,3)4/h1-5,7,9,11,17-19,21H,6,8,10,12H2;1H3,(H,2,3,4)/t17?,18-,19-;/m1./s1. The summed E-state index contributed by atoms with van der Waals surface area (Å²) in [6.07, 6.45) is 4.42. The van der Waals surface area contributed by atoms with Crippen LogP contribution < -0.4 is 5.32 Å². The van der Waals surface area contributed by atoms with Crippen LogP contribution in [0.5, 0.6) is 0 Å². The first-order chi connectivity index (χ1) is 12.3. The lowest BCUT2D eigenvalue weighted by Gasteiger charge is -2.31. The van der Waals surface area contributed by atoms with Crippen LogP contribution in [0.15, 0.2) is 53.0 Å². The van der Waals surface area contributed by atoms with Crippen LogP contribution >= 0.6 is 15.9 Å². The summed E-state index contributed by atoms with van der Waals surface area (Å²) in [4.78, 5) is 0. The third kappa shape index (κ3) is 5.16.